The molecule has 1 saturated heterocycles. The van der Waals surface area contributed by atoms with Gasteiger partial charge in [-0.3, -0.25) is 9.78 Å². The fraction of sp³-hybridized carbons (Fsp3) is 0.300. The number of carbonyl (C=O) groups excluding carboxylic acids is 1. The minimum atomic E-state index is -3.86. The summed E-state index contributed by atoms with van der Waals surface area (Å²) in [6.45, 7) is 7.72. The summed E-state index contributed by atoms with van der Waals surface area (Å²) in [5.41, 5.74) is -1.69. The number of nitrogens with zero attached hydrogens (tertiary/aromatic N) is 6. The van der Waals surface area contributed by atoms with E-state index in [0.717, 1.165) is 16.7 Å². The van der Waals surface area contributed by atoms with Gasteiger partial charge >= 0.3 is 5.69 Å². The van der Waals surface area contributed by atoms with Crippen LogP contribution in [0.15, 0.2) is 58.9 Å². The molecule has 0 unspecified atom stereocenters. The van der Waals surface area contributed by atoms with Crippen LogP contribution in [0.25, 0.3) is 28.0 Å². The molecule has 1 saturated carbocycles. The molecule has 14 heteroatoms. The van der Waals surface area contributed by atoms with Crippen molar-refractivity contribution < 1.29 is 22.0 Å². The van der Waals surface area contributed by atoms with Gasteiger partial charge in [-0.25, -0.2) is 31.5 Å². The van der Waals surface area contributed by atoms with Gasteiger partial charge in [0.15, 0.2) is 21.3 Å². The molecule has 2 fully saturated rings. The van der Waals surface area contributed by atoms with Crippen LogP contribution in [0.3, 0.4) is 0 Å². The van der Waals surface area contributed by atoms with Gasteiger partial charge in [-0.1, -0.05) is 24.2 Å². The lowest BCUT2D eigenvalue weighted by Gasteiger charge is -2.40. The summed E-state index contributed by atoms with van der Waals surface area (Å²) in [5, 5.41) is -0.636. The van der Waals surface area contributed by atoms with Gasteiger partial charge in [-0.2, -0.15) is 4.98 Å². The molecule has 1 aromatic carbocycles. The van der Waals surface area contributed by atoms with Crippen LogP contribution in [0.4, 0.5) is 14.6 Å². The molecule has 0 bridgehead atoms. The molecule has 1 amide bonds. The summed E-state index contributed by atoms with van der Waals surface area (Å²) < 4.78 is 59.0. The first-order valence-electron chi connectivity index (χ1n) is 13.9. The number of sulfone groups is 1. The largest absolute Gasteiger partial charge is 0.355 e. The van der Waals surface area contributed by atoms with Crippen LogP contribution in [0.5, 0.6) is 0 Å². The zero-order valence-electron chi connectivity index (χ0n) is 23.8. The average molecular weight is 641 g/mol. The third-order valence-electron chi connectivity index (χ3n) is 7.95. The Morgan fingerprint density at radius 3 is 2.55 bits per heavy atom. The molecule has 6 rings (SSSR count). The highest BCUT2D eigenvalue weighted by molar-refractivity contribution is 7.92. The highest BCUT2D eigenvalue weighted by Gasteiger charge is 2.40. The maximum atomic E-state index is 15.9. The lowest BCUT2D eigenvalue weighted by molar-refractivity contribution is -0.126. The van der Waals surface area contributed by atoms with Gasteiger partial charge in [0.1, 0.15) is 17.3 Å². The Hall–Kier alpha value is -4.23. The highest BCUT2D eigenvalue weighted by Crippen LogP contribution is 2.39. The summed E-state index contributed by atoms with van der Waals surface area (Å²) in [6, 6.07) is 5.91. The normalized spacial score (nSPS) is 17.2. The van der Waals surface area contributed by atoms with E-state index in [1.165, 1.54) is 30.5 Å². The first-order valence-corrected chi connectivity index (χ1v) is 15.8. The van der Waals surface area contributed by atoms with E-state index >= 15 is 8.78 Å². The Labute approximate surface area is 256 Å². The van der Waals surface area contributed by atoms with Gasteiger partial charge in [0.2, 0.25) is 5.91 Å². The molecule has 2 aliphatic rings. The van der Waals surface area contributed by atoms with E-state index in [1.54, 1.807) is 16.7 Å². The Morgan fingerprint density at radius 2 is 1.89 bits per heavy atom. The topological polar surface area (TPSA) is 118 Å². The number of piperazine rings is 1. The molecule has 10 nitrogen and oxygen atoms in total. The SMILES string of the molecule is C=CC(=O)N1CCN(c2nc(=O)n(-c3c(S(=O)(=O)C4CC4)ccnc3C)c3nc(-c4c(F)cccc4Cl)c(F)cc23)[C@@H](C)C1. The Morgan fingerprint density at radius 1 is 1.14 bits per heavy atom. The van der Waals surface area contributed by atoms with Crippen molar-refractivity contribution in [1.82, 2.24) is 24.4 Å². The van der Waals surface area contributed by atoms with Crippen LogP contribution in [-0.2, 0) is 14.6 Å². The van der Waals surface area contributed by atoms with Gasteiger partial charge in [-0.05, 0) is 57.0 Å². The summed E-state index contributed by atoms with van der Waals surface area (Å²) in [6.07, 6.45) is 3.52. The standard InChI is InChI=1S/C30H27ClF2N6O4S/c1-4-24(40)37-12-13-38(16(2)15-37)28-19-14-22(33)26(25-20(31)6-5-7-21(25)32)35-29(19)39(30(41)36-28)27-17(3)34-11-10-23(27)44(42,43)18-8-9-18/h4-7,10-11,14,16,18H,1,8-9,12-13,15H2,2-3H3/t16-/m0/s1. The number of benzene rings is 1. The van der Waals surface area contributed by atoms with Crippen molar-refractivity contribution in [2.24, 2.45) is 0 Å². The Bertz CT molecular complexity index is 2010. The summed E-state index contributed by atoms with van der Waals surface area (Å²) in [7, 11) is -3.86. The maximum Gasteiger partial charge on any atom is 0.355 e. The van der Waals surface area contributed by atoms with E-state index in [4.69, 9.17) is 11.6 Å². The van der Waals surface area contributed by atoms with E-state index in [0.29, 0.717) is 12.8 Å². The number of halogens is 3. The van der Waals surface area contributed by atoms with E-state index in [-0.39, 0.29) is 75.3 Å². The Kier molecular flexibility index (Phi) is 7.49. The second-order valence-corrected chi connectivity index (χ2v) is 13.5. The van der Waals surface area contributed by atoms with Crippen molar-refractivity contribution >= 4 is 44.2 Å². The number of aryl methyl sites for hydroxylation is 1. The molecule has 228 valence electrons. The molecule has 0 N–H and O–H groups in total. The van der Waals surface area contributed by atoms with Crippen molar-refractivity contribution in [3.05, 3.63) is 82.0 Å². The molecular weight excluding hydrogens is 614 g/mol. The number of hydrogen-bond acceptors (Lipinski definition) is 8. The van der Waals surface area contributed by atoms with E-state index in [1.807, 2.05) is 6.92 Å². The van der Waals surface area contributed by atoms with E-state index in [2.05, 4.69) is 21.5 Å². The van der Waals surface area contributed by atoms with Crippen molar-refractivity contribution in [1.29, 1.82) is 0 Å². The number of carbonyl (C=O) groups is 1. The minimum Gasteiger partial charge on any atom is -0.350 e. The fourth-order valence-electron chi connectivity index (χ4n) is 5.62. The number of rotatable bonds is 6. The quantitative estimate of drug-likeness (QED) is 0.287. The zero-order valence-corrected chi connectivity index (χ0v) is 25.4. The van der Waals surface area contributed by atoms with Crippen LogP contribution < -0.4 is 10.6 Å². The molecule has 1 aliphatic carbocycles. The predicted octanol–water partition coefficient (Wildman–Crippen LogP) is 4.24. The first-order chi connectivity index (χ1) is 20.9. The van der Waals surface area contributed by atoms with Crippen LogP contribution in [0.2, 0.25) is 5.02 Å². The predicted molar refractivity (Wildman–Crippen MR) is 162 cm³/mol. The highest BCUT2D eigenvalue weighted by atomic mass is 35.5. The number of anilines is 1. The molecule has 44 heavy (non-hydrogen) atoms. The van der Waals surface area contributed by atoms with Gasteiger partial charge in [0.25, 0.3) is 0 Å². The molecule has 0 spiro atoms. The molecule has 1 aliphatic heterocycles. The minimum absolute atomic E-state index is 0.0624. The Balaban J connectivity index is 1.66. The van der Waals surface area contributed by atoms with Crippen LogP contribution >= 0.6 is 11.6 Å². The van der Waals surface area contributed by atoms with E-state index in [9.17, 15) is 18.0 Å². The summed E-state index contributed by atoms with van der Waals surface area (Å²) in [4.78, 5) is 42.5. The molecule has 4 aromatic rings. The van der Waals surface area contributed by atoms with Gasteiger partial charge in [0, 0.05) is 31.9 Å². The first kappa shape index (κ1) is 29.8. The van der Waals surface area contributed by atoms with Crippen molar-refractivity contribution in [3.63, 3.8) is 0 Å². The van der Waals surface area contributed by atoms with Crippen LogP contribution in [0, 0.1) is 18.6 Å². The average Bonchev–Trinajstić information content (AvgIpc) is 3.84. The molecular formula is C30H27ClF2N6O4S. The van der Waals surface area contributed by atoms with Crippen LogP contribution in [0.1, 0.15) is 25.5 Å². The zero-order chi connectivity index (χ0) is 31.5. The van der Waals surface area contributed by atoms with Crippen molar-refractivity contribution in [3.8, 4) is 16.9 Å². The lowest BCUT2D eigenvalue weighted by Crippen LogP contribution is -2.54. The monoisotopic (exact) mass is 640 g/mol. The number of aromatic nitrogens is 4. The molecule has 1 atom stereocenters. The smallest absolute Gasteiger partial charge is 0.350 e. The van der Waals surface area contributed by atoms with Gasteiger partial charge in [0.05, 0.1) is 37.5 Å². The maximum absolute atomic E-state index is 15.9. The second-order valence-electron chi connectivity index (χ2n) is 10.9. The van der Waals surface area contributed by atoms with Gasteiger partial charge < -0.3 is 9.80 Å². The lowest BCUT2D eigenvalue weighted by atomic mass is 10.1. The fourth-order valence-corrected chi connectivity index (χ4v) is 7.75. The van der Waals surface area contributed by atoms with Gasteiger partial charge in [-0.15, -0.1) is 0 Å². The van der Waals surface area contributed by atoms with Crippen molar-refractivity contribution in [2.75, 3.05) is 24.5 Å². The third kappa shape index (κ3) is 4.93. The number of hydrogen-bond donors (Lipinski definition) is 0. The van der Waals surface area contributed by atoms with Crippen molar-refractivity contribution in [2.45, 2.75) is 42.9 Å². The summed E-state index contributed by atoms with van der Waals surface area (Å²) >= 11 is 6.29. The summed E-state index contributed by atoms with van der Waals surface area (Å²) in [5.74, 6) is -1.93. The molecule has 0 radical (unpaired) electrons. The van der Waals surface area contributed by atoms with E-state index < -0.39 is 38.1 Å². The molecule has 3 aromatic heterocycles. The number of fused-ring (bicyclic) bond motifs is 1. The van der Waals surface area contributed by atoms with Crippen LogP contribution in [-0.4, -0.2) is 69.7 Å². The third-order valence-corrected chi connectivity index (χ3v) is 10.6. The number of amides is 1. The number of pyridine rings is 2. The second kappa shape index (κ2) is 11.0. The molecule has 4 heterocycles.